The molecule has 0 aliphatic rings. The molecule has 0 radical (unpaired) electrons. The highest BCUT2D eigenvalue weighted by atomic mass is 35.5. The first kappa shape index (κ1) is 19.6. The van der Waals surface area contributed by atoms with Gasteiger partial charge in [0.15, 0.2) is 0 Å². The highest BCUT2D eigenvalue weighted by Crippen LogP contribution is 2.29. The van der Waals surface area contributed by atoms with Crippen LogP contribution in [-0.2, 0) is 9.59 Å². The molecule has 0 bridgehead atoms. The third-order valence-corrected chi connectivity index (χ3v) is 4.04. The first-order valence-corrected chi connectivity index (χ1v) is 8.02. The number of ether oxygens (including phenoxy) is 2. The van der Waals surface area contributed by atoms with E-state index in [0.717, 1.165) is 0 Å². The lowest BCUT2D eigenvalue weighted by molar-refractivity contribution is -0.136. The zero-order valence-corrected chi connectivity index (χ0v) is 15.4. The average molecular weight is 396 g/mol. The van der Waals surface area contributed by atoms with Crippen LogP contribution in [0.25, 0.3) is 0 Å². The van der Waals surface area contributed by atoms with E-state index in [0.29, 0.717) is 17.1 Å². The third-order valence-electron chi connectivity index (χ3n) is 3.22. The van der Waals surface area contributed by atoms with E-state index in [1.807, 2.05) is 0 Å². The number of carbonyl (C=O) groups is 2. The zero-order chi connectivity index (χ0) is 19.1. The van der Waals surface area contributed by atoms with Crippen molar-refractivity contribution in [3.8, 4) is 11.5 Å². The fourth-order valence-corrected chi connectivity index (χ4v) is 2.26. The monoisotopic (exact) mass is 395 g/mol. The Morgan fingerprint density at radius 1 is 1.08 bits per heavy atom. The van der Waals surface area contributed by atoms with Crippen molar-refractivity contribution in [2.45, 2.75) is 0 Å². The molecule has 7 nitrogen and oxygen atoms in total. The fourth-order valence-electron chi connectivity index (χ4n) is 1.92. The van der Waals surface area contributed by atoms with Crippen LogP contribution in [-0.4, -0.2) is 32.2 Å². The first-order valence-electron chi connectivity index (χ1n) is 7.26. The molecule has 136 valence electrons. The number of benzene rings is 2. The van der Waals surface area contributed by atoms with Gasteiger partial charge in [0.05, 0.1) is 36.2 Å². The van der Waals surface area contributed by atoms with E-state index in [4.69, 9.17) is 32.7 Å². The number of methoxy groups -OCH3 is 2. The SMILES string of the molecule is COc1ccc(/C=N\NC(=O)C(=O)Nc2cccc(Cl)c2Cl)c(OC)c1. The molecule has 0 heterocycles. The number of anilines is 1. The molecule has 0 saturated heterocycles. The van der Waals surface area contributed by atoms with Gasteiger partial charge >= 0.3 is 11.8 Å². The normalized spacial score (nSPS) is 10.5. The van der Waals surface area contributed by atoms with Gasteiger partial charge in [-0.15, -0.1) is 0 Å². The van der Waals surface area contributed by atoms with Crippen LogP contribution in [0.2, 0.25) is 10.0 Å². The molecule has 2 aromatic rings. The smallest absolute Gasteiger partial charge is 0.329 e. The highest BCUT2D eigenvalue weighted by molar-refractivity contribution is 6.45. The number of hydrazone groups is 1. The van der Waals surface area contributed by atoms with Crippen molar-refractivity contribution in [2.75, 3.05) is 19.5 Å². The van der Waals surface area contributed by atoms with Crippen molar-refractivity contribution in [2.24, 2.45) is 5.10 Å². The summed E-state index contributed by atoms with van der Waals surface area (Å²) in [4.78, 5) is 23.7. The van der Waals surface area contributed by atoms with Crippen LogP contribution in [0.3, 0.4) is 0 Å². The largest absolute Gasteiger partial charge is 0.497 e. The molecule has 2 N–H and O–H groups in total. The standard InChI is InChI=1S/C17H15Cl2N3O4/c1-25-11-7-6-10(14(8-11)26-2)9-20-22-17(24)16(23)21-13-5-3-4-12(18)15(13)19/h3-9H,1-2H3,(H,21,23)(H,22,24)/b20-9-. The summed E-state index contributed by atoms with van der Waals surface area (Å²) >= 11 is 11.8. The molecular formula is C17H15Cl2N3O4. The lowest BCUT2D eigenvalue weighted by Gasteiger charge is -2.08. The molecule has 0 aliphatic carbocycles. The van der Waals surface area contributed by atoms with E-state index in [2.05, 4.69) is 15.8 Å². The number of nitrogens with zero attached hydrogens (tertiary/aromatic N) is 1. The summed E-state index contributed by atoms with van der Waals surface area (Å²) in [7, 11) is 3.03. The number of nitrogens with one attached hydrogen (secondary N) is 2. The minimum Gasteiger partial charge on any atom is -0.497 e. The molecule has 0 saturated carbocycles. The van der Waals surface area contributed by atoms with Gasteiger partial charge in [-0.3, -0.25) is 9.59 Å². The zero-order valence-electron chi connectivity index (χ0n) is 13.9. The van der Waals surface area contributed by atoms with Crippen molar-refractivity contribution >= 4 is 46.9 Å². The molecule has 2 amide bonds. The van der Waals surface area contributed by atoms with Crippen LogP contribution in [0.4, 0.5) is 5.69 Å². The molecule has 2 rings (SSSR count). The lowest BCUT2D eigenvalue weighted by atomic mass is 10.2. The topological polar surface area (TPSA) is 89.0 Å². The summed E-state index contributed by atoms with van der Waals surface area (Å²) in [5, 5.41) is 6.50. The Balaban J connectivity index is 2.00. The molecule has 0 unspecified atom stereocenters. The van der Waals surface area contributed by atoms with Crippen LogP contribution in [0, 0.1) is 0 Å². The predicted molar refractivity (Wildman–Crippen MR) is 100 cm³/mol. The van der Waals surface area contributed by atoms with E-state index < -0.39 is 11.8 Å². The Hall–Kier alpha value is -2.77. The van der Waals surface area contributed by atoms with Crippen LogP contribution >= 0.6 is 23.2 Å². The number of carbonyl (C=O) groups excluding carboxylic acids is 2. The Bertz CT molecular complexity index is 856. The van der Waals surface area contributed by atoms with Gasteiger partial charge in [0.1, 0.15) is 11.5 Å². The minimum absolute atomic E-state index is 0.141. The number of halogens is 2. The van der Waals surface area contributed by atoms with Gasteiger partial charge in [0, 0.05) is 11.6 Å². The Morgan fingerprint density at radius 2 is 1.85 bits per heavy atom. The maximum Gasteiger partial charge on any atom is 0.329 e. The van der Waals surface area contributed by atoms with Crippen molar-refractivity contribution in [3.63, 3.8) is 0 Å². The van der Waals surface area contributed by atoms with Crippen LogP contribution in [0.5, 0.6) is 11.5 Å². The van der Waals surface area contributed by atoms with Gasteiger partial charge in [0.25, 0.3) is 0 Å². The molecule has 9 heteroatoms. The van der Waals surface area contributed by atoms with Crippen LogP contribution in [0.15, 0.2) is 41.5 Å². The summed E-state index contributed by atoms with van der Waals surface area (Å²) < 4.78 is 10.3. The van der Waals surface area contributed by atoms with E-state index in [9.17, 15) is 9.59 Å². The summed E-state index contributed by atoms with van der Waals surface area (Å²) in [5.41, 5.74) is 2.93. The van der Waals surface area contributed by atoms with Gasteiger partial charge in [-0.25, -0.2) is 5.43 Å². The molecule has 0 spiro atoms. The summed E-state index contributed by atoms with van der Waals surface area (Å²) in [6.45, 7) is 0. The molecule has 0 fully saturated rings. The Labute approximate surface area is 159 Å². The lowest BCUT2D eigenvalue weighted by Crippen LogP contribution is -2.32. The quantitative estimate of drug-likeness (QED) is 0.462. The van der Waals surface area contributed by atoms with Crippen LogP contribution in [0.1, 0.15) is 5.56 Å². The number of hydrogen-bond donors (Lipinski definition) is 2. The van der Waals surface area contributed by atoms with Crippen molar-refractivity contribution in [1.82, 2.24) is 5.43 Å². The second kappa shape index (κ2) is 9.07. The van der Waals surface area contributed by atoms with Gasteiger partial charge in [-0.05, 0) is 24.3 Å². The minimum atomic E-state index is -0.968. The number of rotatable bonds is 5. The fraction of sp³-hybridized carbons (Fsp3) is 0.118. The first-order chi connectivity index (χ1) is 12.5. The Kier molecular flexibility index (Phi) is 6.82. The highest BCUT2D eigenvalue weighted by Gasteiger charge is 2.15. The van der Waals surface area contributed by atoms with E-state index >= 15 is 0 Å². The van der Waals surface area contributed by atoms with Crippen molar-refractivity contribution in [3.05, 3.63) is 52.0 Å². The summed E-state index contributed by atoms with van der Waals surface area (Å²) in [6.07, 6.45) is 1.34. The second-order valence-corrected chi connectivity index (χ2v) is 5.65. The number of hydrogen-bond acceptors (Lipinski definition) is 5. The van der Waals surface area contributed by atoms with Crippen molar-refractivity contribution < 1.29 is 19.1 Å². The molecule has 26 heavy (non-hydrogen) atoms. The molecule has 0 aromatic heterocycles. The molecule has 0 aliphatic heterocycles. The van der Waals surface area contributed by atoms with E-state index in [-0.39, 0.29) is 15.7 Å². The average Bonchev–Trinajstić information content (AvgIpc) is 2.65. The maximum absolute atomic E-state index is 11.9. The van der Waals surface area contributed by atoms with Gasteiger partial charge in [-0.1, -0.05) is 29.3 Å². The van der Waals surface area contributed by atoms with Gasteiger partial charge < -0.3 is 14.8 Å². The predicted octanol–water partition coefficient (Wildman–Crippen LogP) is 3.10. The molecule has 0 atom stereocenters. The summed E-state index contributed by atoms with van der Waals surface area (Å²) in [5.74, 6) is -0.795. The van der Waals surface area contributed by atoms with E-state index in [1.54, 1.807) is 30.3 Å². The summed E-state index contributed by atoms with van der Waals surface area (Å²) in [6, 6.07) is 9.74. The number of amides is 2. The van der Waals surface area contributed by atoms with Crippen molar-refractivity contribution in [1.29, 1.82) is 0 Å². The van der Waals surface area contributed by atoms with Crippen LogP contribution < -0.4 is 20.2 Å². The Morgan fingerprint density at radius 3 is 2.54 bits per heavy atom. The van der Waals surface area contributed by atoms with Gasteiger partial charge in [-0.2, -0.15) is 5.10 Å². The maximum atomic E-state index is 11.9. The second-order valence-electron chi connectivity index (χ2n) is 4.86. The molecule has 2 aromatic carbocycles. The molecular weight excluding hydrogens is 381 g/mol. The third kappa shape index (κ3) is 4.87. The van der Waals surface area contributed by atoms with E-state index in [1.165, 1.54) is 26.5 Å². The van der Waals surface area contributed by atoms with Gasteiger partial charge in [0.2, 0.25) is 0 Å².